The minimum Gasteiger partial charge on any atom is -0.507 e. The van der Waals surface area contributed by atoms with Crippen molar-refractivity contribution in [1.29, 1.82) is 0 Å². The van der Waals surface area contributed by atoms with Gasteiger partial charge in [-0.25, -0.2) is 0 Å². The Bertz CT molecular complexity index is 1170. The molecule has 4 rings (SSSR count). The Labute approximate surface area is 165 Å². The molecule has 0 heterocycles. The number of aliphatic hydroxyl groups excluding tert-OH is 1. The van der Waals surface area contributed by atoms with Crippen LogP contribution in [0.4, 0.5) is 0 Å². The van der Waals surface area contributed by atoms with E-state index in [1.54, 1.807) is 30.3 Å². The quantitative estimate of drug-likeness (QED) is 0.782. The molecule has 0 radical (unpaired) electrons. The van der Waals surface area contributed by atoms with Gasteiger partial charge < -0.3 is 10.2 Å². The molecule has 0 amide bonds. The van der Waals surface area contributed by atoms with E-state index in [0.29, 0.717) is 11.1 Å². The van der Waals surface area contributed by atoms with E-state index in [9.17, 15) is 29.4 Å². The number of carbonyl (C=O) groups is 4. The van der Waals surface area contributed by atoms with Gasteiger partial charge in [-0.15, -0.1) is 0 Å². The van der Waals surface area contributed by atoms with Crippen molar-refractivity contribution in [2.45, 2.75) is 13.3 Å². The topological polar surface area (TPSA) is 109 Å². The van der Waals surface area contributed by atoms with Crippen LogP contribution in [0.3, 0.4) is 0 Å². The summed E-state index contributed by atoms with van der Waals surface area (Å²) in [6.45, 7) is 1.52. The zero-order valence-corrected chi connectivity index (χ0v) is 15.4. The highest BCUT2D eigenvalue weighted by Crippen LogP contribution is 2.39. The van der Waals surface area contributed by atoms with Crippen molar-refractivity contribution in [3.63, 3.8) is 0 Å². The van der Waals surface area contributed by atoms with E-state index in [2.05, 4.69) is 0 Å². The van der Waals surface area contributed by atoms with Gasteiger partial charge in [-0.3, -0.25) is 19.2 Å². The molecule has 0 aromatic heterocycles. The maximum atomic E-state index is 13.0. The smallest absolute Gasteiger partial charge is 0.204 e. The number of hydrogen-bond donors (Lipinski definition) is 2. The third-order valence-corrected chi connectivity index (χ3v) is 5.15. The number of aromatic hydroxyl groups is 1. The van der Waals surface area contributed by atoms with Crippen LogP contribution in [0.1, 0.15) is 43.6 Å². The molecule has 0 spiro atoms. The minimum atomic E-state index is -0.790. The molecule has 29 heavy (non-hydrogen) atoms. The minimum absolute atomic E-state index is 0.0461. The number of Topliss-reactive ketones (excluding diaryl/α,β-unsaturated/α-hetero) is 4. The molecular weight excluding hydrogens is 372 g/mol. The van der Waals surface area contributed by atoms with Crippen molar-refractivity contribution in [2.24, 2.45) is 5.92 Å². The van der Waals surface area contributed by atoms with Crippen molar-refractivity contribution >= 4 is 23.1 Å². The number of phenolic OH excluding ortho intramolecular Hbond substituents is 1. The second-order valence-corrected chi connectivity index (χ2v) is 7.12. The van der Waals surface area contributed by atoms with Crippen LogP contribution in [0.15, 0.2) is 65.4 Å². The first-order valence-corrected chi connectivity index (χ1v) is 9.02. The Morgan fingerprint density at radius 2 is 1.69 bits per heavy atom. The first kappa shape index (κ1) is 18.6. The molecule has 2 aliphatic rings. The SMILES string of the molecule is CC1C=C2C(=O)c3cc(CC(=O)c4ccccc4)cc(O)c3C(=O)C2=C(O)C1=O. The van der Waals surface area contributed by atoms with Crippen LogP contribution in [0.2, 0.25) is 0 Å². The van der Waals surface area contributed by atoms with Crippen molar-refractivity contribution < 1.29 is 29.4 Å². The van der Waals surface area contributed by atoms with Crippen LogP contribution in [0.5, 0.6) is 5.75 Å². The zero-order chi connectivity index (χ0) is 20.9. The summed E-state index contributed by atoms with van der Waals surface area (Å²) in [5.41, 5.74) is 0.118. The molecule has 6 heteroatoms. The van der Waals surface area contributed by atoms with E-state index in [0.717, 1.165) is 0 Å². The number of allylic oxidation sites excluding steroid dienone is 4. The van der Waals surface area contributed by atoms with E-state index in [4.69, 9.17) is 0 Å². The highest BCUT2D eigenvalue weighted by molar-refractivity contribution is 6.34. The second kappa shape index (κ2) is 6.67. The number of aliphatic hydroxyl groups is 1. The molecule has 0 saturated carbocycles. The highest BCUT2D eigenvalue weighted by atomic mass is 16.3. The fourth-order valence-electron chi connectivity index (χ4n) is 3.68. The number of fused-ring (bicyclic) bond motifs is 2. The molecular formula is C23H16O6. The number of phenols is 1. The maximum absolute atomic E-state index is 13.0. The molecule has 6 nitrogen and oxygen atoms in total. The summed E-state index contributed by atoms with van der Waals surface area (Å²) in [5.74, 6) is -4.20. The van der Waals surface area contributed by atoms with Crippen molar-refractivity contribution in [1.82, 2.24) is 0 Å². The molecule has 2 N–H and O–H groups in total. The van der Waals surface area contributed by atoms with Crippen LogP contribution in [-0.4, -0.2) is 33.3 Å². The van der Waals surface area contributed by atoms with Crippen molar-refractivity contribution in [3.05, 3.63) is 87.7 Å². The molecule has 0 bridgehead atoms. The van der Waals surface area contributed by atoms with Crippen LogP contribution in [0, 0.1) is 5.92 Å². The Balaban J connectivity index is 1.80. The lowest BCUT2D eigenvalue weighted by atomic mass is 9.75. The Morgan fingerprint density at radius 1 is 1.00 bits per heavy atom. The van der Waals surface area contributed by atoms with Gasteiger partial charge in [0.2, 0.25) is 11.6 Å². The van der Waals surface area contributed by atoms with Gasteiger partial charge in [0.05, 0.1) is 11.1 Å². The van der Waals surface area contributed by atoms with E-state index in [-0.39, 0.29) is 34.5 Å². The summed E-state index contributed by atoms with van der Waals surface area (Å²) < 4.78 is 0. The average Bonchev–Trinajstić information content (AvgIpc) is 2.70. The summed E-state index contributed by atoms with van der Waals surface area (Å²) in [7, 11) is 0. The lowest BCUT2D eigenvalue weighted by molar-refractivity contribution is -0.120. The van der Waals surface area contributed by atoms with Gasteiger partial charge in [-0.2, -0.15) is 0 Å². The first-order valence-electron chi connectivity index (χ1n) is 9.02. The van der Waals surface area contributed by atoms with Crippen LogP contribution < -0.4 is 0 Å². The maximum Gasteiger partial charge on any atom is 0.204 e. The first-order chi connectivity index (χ1) is 13.8. The third-order valence-electron chi connectivity index (χ3n) is 5.15. The van der Waals surface area contributed by atoms with Crippen LogP contribution in [-0.2, 0) is 11.2 Å². The molecule has 0 fully saturated rings. The molecule has 2 aliphatic carbocycles. The van der Waals surface area contributed by atoms with E-state index in [1.165, 1.54) is 25.1 Å². The standard InChI is InChI=1S/C23H16O6/c1-11-7-14-19(23(29)20(11)26)22(28)18-15(21(14)27)8-12(10-17(18)25)9-16(24)13-5-3-2-4-6-13/h2-8,10-11,25,29H,9H2,1H3. The predicted molar refractivity (Wildman–Crippen MR) is 103 cm³/mol. The van der Waals surface area contributed by atoms with Gasteiger partial charge in [0.25, 0.3) is 0 Å². The van der Waals surface area contributed by atoms with Gasteiger partial charge in [-0.05, 0) is 17.7 Å². The molecule has 1 unspecified atom stereocenters. The summed E-state index contributed by atoms with van der Waals surface area (Å²) in [6, 6.07) is 11.3. The summed E-state index contributed by atoms with van der Waals surface area (Å²) >= 11 is 0. The predicted octanol–water partition coefficient (Wildman–Crippen LogP) is 3.15. The number of ketones is 4. The summed E-state index contributed by atoms with van der Waals surface area (Å²) in [6.07, 6.45) is 1.29. The van der Waals surface area contributed by atoms with Crippen LogP contribution >= 0.6 is 0 Å². The molecule has 2 aromatic rings. The molecule has 1 atom stereocenters. The van der Waals surface area contributed by atoms with Gasteiger partial charge in [0, 0.05) is 29.0 Å². The molecule has 0 saturated heterocycles. The third kappa shape index (κ3) is 2.89. The number of rotatable bonds is 3. The van der Waals surface area contributed by atoms with Gasteiger partial charge in [0.15, 0.2) is 17.3 Å². The van der Waals surface area contributed by atoms with Crippen molar-refractivity contribution in [2.75, 3.05) is 0 Å². The summed E-state index contributed by atoms with van der Waals surface area (Å²) in [5, 5.41) is 20.5. The molecule has 144 valence electrons. The Morgan fingerprint density at radius 3 is 2.38 bits per heavy atom. The highest BCUT2D eigenvalue weighted by Gasteiger charge is 2.41. The Hall–Kier alpha value is -3.80. The average molecular weight is 388 g/mol. The van der Waals surface area contributed by atoms with Crippen molar-refractivity contribution in [3.8, 4) is 5.75 Å². The Kier molecular flexibility index (Phi) is 4.27. The lowest BCUT2D eigenvalue weighted by Gasteiger charge is -2.25. The molecule has 0 aliphatic heterocycles. The van der Waals surface area contributed by atoms with E-state index in [1.807, 2.05) is 0 Å². The van der Waals surface area contributed by atoms with E-state index >= 15 is 0 Å². The zero-order valence-electron chi connectivity index (χ0n) is 15.4. The van der Waals surface area contributed by atoms with E-state index < -0.39 is 34.8 Å². The van der Waals surface area contributed by atoms with Gasteiger partial charge in [0.1, 0.15) is 5.75 Å². The van der Waals surface area contributed by atoms with Crippen LogP contribution in [0.25, 0.3) is 0 Å². The monoisotopic (exact) mass is 388 g/mol. The normalized spacial score (nSPS) is 18.3. The van der Waals surface area contributed by atoms with Gasteiger partial charge in [-0.1, -0.05) is 43.3 Å². The fraction of sp³-hybridized carbons (Fsp3) is 0.130. The summed E-state index contributed by atoms with van der Waals surface area (Å²) in [4.78, 5) is 50.3. The van der Waals surface area contributed by atoms with Gasteiger partial charge >= 0.3 is 0 Å². The lowest BCUT2D eigenvalue weighted by Crippen LogP contribution is -2.31. The molecule has 2 aromatic carbocycles. The largest absolute Gasteiger partial charge is 0.507 e. The number of hydrogen-bond acceptors (Lipinski definition) is 6. The number of carbonyl (C=O) groups excluding carboxylic acids is 4. The number of benzene rings is 2. The second-order valence-electron chi connectivity index (χ2n) is 7.12. The fourth-order valence-corrected chi connectivity index (χ4v) is 3.68.